The fraction of sp³-hybridized carbons (Fsp3) is 0.167. The van der Waals surface area contributed by atoms with Crippen molar-refractivity contribution in [1.29, 1.82) is 0 Å². The third-order valence-electron chi connectivity index (χ3n) is 3.72. The minimum atomic E-state index is -3.89. The first-order chi connectivity index (χ1) is 12.8. The quantitative estimate of drug-likeness (QED) is 0.546. The molecule has 0 aliphatic carbocycles. The van der Waals surface area contributed by atoms with Crippen LogP contribution in [-0.4, -0.2) is 26.1 Å². The number of hydrogen-bond acceptors (Lipinski definition) is 4. The molecule has 0 saturated carbocycles. The Kier molecular flexibility index (Phi) is 6.13. The molecule has 1 atom stereocenters. The Labute approximate surface area is 172 Å². The van der Waals surface area contributed by atoms with E-state index < -0.39 is 16.1 Å². The van der Waals surface area contributed by atoms with E-state index in [0.29, 0.717) is 5.75 Å². The molecule has 3 aromatic rings. The van der Waals surface area contributed by atoms with Gasteiger partial charge in [0.15, 0.2) is 0 Å². The molecular weight excluding hydrogens is 431 g/mol. The molecule has 1 heterocycles. The van der Waals surface area contributed by atoms with E-state index in [1.807, 2.05) is 24.3 Å². The van der Waals surface area contributed by atoms with Crippen LogP contribution in [0.15, 0.2) is 53.6 Å². The van der Waals surface area contributed by atoms with E-state index in [1.54, 1.807) is 19.2 Å². The number of ether oxygens (including phenoxy) is 1. The molecule has 0 fully saturated rings. The lowest BCUT2D eigenvalue weighted by Gasteiger charge is -2.17. The lowest BCUT2D eigenvalue weighted by atomic mass is 10.2. The highest BCUT2D eigenvalue weighted by atomic mass is 35.5. The van der Waals surface area contributed by atoms with Gasteiger partial charge in [0.1, 0.15) is 17.3 Å². The second kappa shape index (κ2) is 8.20. The number of hydrogen-bond donors (Lipinski definition) is 1. The van der Waals surface area contributed by atoms with E-state index in [1.165, 1.54) is 12.1 Å². The number of sulfonamides is 1. The molecule has 0 unspecified atom stereocenters. The molecule has 0 amide bonds. The standard InChI is InChI=1S/C18H15Cl3N2O3S/c1-11(10-26-17-6-2-5-16-12(17)4-3-7-22-16)23-27(24,25)18-9-14(20)13(19)8-15(18)21/h2-9,11,23H,10H2,1H3/t11-/m0/s1. The minimum Gasteiger partial charge on any atom is -0.491 e. The number of fused-ring (bicyclic) bond motifs is 1. The maximum Gasteiger partial charge on any atom is 0.242 e. The highest BCUT2D eigenvalue weighted by Crippen LogP contribution is 2.31. The van der Waals surface area contributed by atoms with Gasteiger partial charge in [0, 0.05) is 11.6 Å². The lowest BCUT2D eigenvalue weighted by Crippen LogP contribution is -2.36. The number of aromatic nitrogens is 1. The molecule has 3 rings (SSSR count). The Morgan fingerprint density at radius 2 is 1.81 bits per heavy atom. The summed E-state index contributed by atoms with van der Waals surface area (Å²) in [5.74, 6) is 0.624. The highest BCUT2D eigenvalue weighted by Gasteiger charge is 2.22. The van der Waals surface area contributed by atoms with E-state index in [2.05, 4.69) is 9.71 Å². The first kappa shape index (κ1) is 20.2. The van der Waals surface area contributed by atoms with Crippen molar-refractivity contribution < 1.29 is 13.2 Å². The van der Waals surface area contributed by atoms with Gasteiger partial charge in [0.2, 0.25) is 10.0 Å². The average Bonchev–Trinajstić information content (AvgIpc) is 2.62. The van der Waals surface area contributed by atoms with Crippen LogP contribution in [0.4, 0.5) is 0 Å². The van der Waals surface area contributed by atoms with Crippen LogP contribution in [0.2, 0.25) is 15.1 Å². The van der Waals surface area contributed by atoms with Gasteiger partial charge >= 0.3 is 0 Å². The van der Waals surface area contributed by atoms with Gasteiger partial charge in [0.25, 0.3) is 0 Å². The topological polar surface area (TPSA) is 68.3 Å². The number of nitrogens with zero attached hydrogens (tertiary/aromatic N) is 1. The third-order valence-corrected chi connectivity index (χ3v) is 6.49. The summed E-state index contributed by atoms with van der Waals surface area (Å²) in [4.78, 5) is 4.12. The molecule has 0 bridgehead atoms. The molecule has 0 saturated heterocycles. The Balaban J connectivity index is 1.73. The average molecular weight is 446 g/mol. The predicted octanol–water partition coefficient (Wildman–Crippen LogP) is 4.94. The van der Waals surface area contributed by atoms with Gasteiger partial charge in [-0.1, -0.05) is 40.9 Å². The van der Waals surface area contributed by atoms with Crippen LogP contribution in [0, 0.1) is 0 Å². The van der Waals surface area contributed by atoms with E-state index >= 15 is 0 Å². The summed E-state index contributed by atoms with van der Waals surface area (Å²) in [6.45, 7) is 1.80. The van der Waals surface area contributed by atoms with Crippen LogP contribution in [0.3, 0.4) is 0 Å². The van der Waals surface area contributed by atoms with Crippen LogP contribution in [0.5, 0.6) is 5.75 Å². The summed E-state index contributed by atoms with van der Waals surface area (Å²) in [5.41, 5.74) is 0.797. The Bertz CT molecular complexity index is 1090. The van der Waals surface area contributed by atoms with Crippen LogP contribution in [0.1, 0.15) is 6.92 Å². The number of nitrogens with one attached hydrogen (secondary N) is 1. The summed E-state index contributed by atoms with van der Waals surface area (Å²) >= 11 is 17.8. The highest BCUT2D eigenvalue weighted by molar-refractivity contribution is 7.89. The molecule has 0 aliphatic rings. The largest absolute Gasteiger partial charge is 0.491 e. The van der Waals surface area contributed by atoms with E-state index in [-0.39, 0.29) is 26.6 Å². The first-order valence-corrected chi connectivity index (χ1v) is 10.5. The molecule has 0 spiro atoms. The van der Waals surface area contributed by atoms with Gasteiger partial charge in [-0.15, -0.1) is 0 Å². The summed E-state index contributed by atoms with van der Waals surface area (Å²) in [6.07, 6.45) is 1.70. The monoisotopic (exact) mass is 444 g/mol. The van der Waals surface area contributed by atoms with Crippen LogP contribution < -0.4 is 9.46 Å². The van der Waals surface area contributed by atoms with Crippen molar-refractivity contribution in [3.05, 3.63) is 63.7 Å². The fourth-order valence-electron chi connectivity index (χ4n) is 2.49. The fourth-order valence-corrected chi connectivity index (χ4v) is 4.72. The van der Waals surface area contributed by atoms with Crippen molar-refractivity contribution in [3.8, 4) is 5.75 Å². The normalized spacial score (nSPS) is 12.9. The van der Waals surface area contributed by atoms with Crippen molar-refractivity contribution in [2.24, 2.45) is 0 Å². The second-order valence-electron chi connectivity index (χ2n) is 5.86. The molecule has 1 N–H and O–H groups in total. The van der Waals surface area contributed by atoms with Crippen LogP contribution in [-0.2, 0) is 10.0 Å². The number of rotatable bonds is 6. The SMILES string of the molecule is C[C@@H](COc1cccc2ncccc12)NS(=O)(=O)c1cc(Cl)c(Cl)cc1Cl. The van der Waals surface area contributed by atoms with Crippen molar-refractivity contribution in [2.75, 3.05) is 6.61 Å². The molecule has 0 radical (unpaired) electrons. The molecule has 27 heavy (non-hydrogen) atoms. The summed E-state index contributed by atoms with van der Waals surface area (Å²) in [7, 11) is -3.89. The number of pyridine rings is 1. The zero-order chi connectivity index (χ0) is 19.6. The minimum absolute atomic E-state index is 0.00912. The molecule has 1 aromatic heterocycles. The first-order valence-electron chi connectivity index (χ1n) is 7.91. The molecule has 5 nitrogen and oxygen atoms in total. The molecular formula is C18H15Cl3N2O3S. The molecule has 2 aromatic carbocycles. The molecule has 0 aliphatic heterocycles. The van der Waals surface area contributed by atoms with Gasteiger partial charge in [-0.25, -0.2) is 13.1 Å². The van der Waals surface area contributed by atoms with Crippen molar-refractivity contribution in [2.45, 2.75) is 17.9 Å². The van der Waals surface area contributed by atoms with E-state index in [0.717, 1.165) is 10.9 Å². The third kappa shape index (κ3) is 4.65. The Morgan fingerprint density at radius 1 is 1.07 bits per heavy atom. The summed E-state index contributed by atoms with van der Waals surface area (Å²) in [6, 6.07) is 11.2. The summed E-state index contributed by atoms with van der Waals surface area (Å²) in [5, 5.41) is 1.13. The zero-order valence-electron chi connectivity index (χ0n) is 14.1. The van der Waals surface area contributed by atoms with E-state index in [4.69, 9.17) is 39.5 Å². The van der Waals surface area contributed by atoms with Crippen molar-refractivity contribution in [1.82, 2.24) is 9.71 Å². The maximum atomic E-state index is 12.6. The van der Waals surface area contributed by atoms with Gasteiger partial charge < -0.3 is 4.74 Å². The lowest BCUT2D eigenvalue weighted by molar-refractivity contribution is 0.290. The van der Waals surface area contributed by atoms with Crippen molar-refractivity contribution in [3.63, 3.8) is 0 Å². The van der Waals surface area contributed by atoms with Crippen LogP contribution in [0.25, 0.3) is 10.9 Å². The van der Waals surface area contributed by atoms with Crippen molar-refractivity contribution >= 4 is 55.7 Å². The number of benzene rings is 2. The van der Waals surface area contributed by atoms with Gasteiger partial charge in [0.05, 0.1) is 26.6 Å². The molecule has 9 heteroatoms. The van der Waals surface area contributed by atoms with Gasteiger partial charge in [-0.3, -0.25) is 4.98 Å². The summed E-state index contributed by atoms with van der Waals surface area (Å²) < 4.78 is 33.5. The molecule has 142 valence electrons. The smallest absolute Gasteiger partial charge is 0.242 e. The Morgan fingerprint density at radius 3 is 2.59 bits per heavy atom. The van der Waals surface area contributed by atoms with Gasteiger partial charge in [-0.05, 0) is 43.3 Å². The number of halogens is 3. The maximum absolute atomic E-state index is 12.6. The Hall–Kier alpha value is -1.57. The van der Waals surface area contributed by atoms with Crippen LogP contribution >= 0.6 is 34.8 Å². The van der Waals surface area contributed by atoms with Gasteiger partial charge in [-0.2, -0.15) is 0 Å². The second-order valence-corrected chi connectivity index (χ2v) is 8.76. The van der Waals surface area contributed by atoms with E-state index in [9.17, 15) is 8.42 Å². The predicted molar refractivity (Wildman–Crippen MR) is 108 cm³/mol. The zero-order valence-corrected chi connectivity index (χ0v) is 17.2.